The normalized spacial score (nSPS) is 10.7. The van der Waals surface area contributed by atoms with E-state index in [2.05, 4.69) is 10.3 Å². The SMILES string of the molecule is O=C(Nc1nc2c(Cl)c(Cl)ccc2s1)c1ccccc1. The molecule has 0 aliphatic rings. The molecule has 0 radical (unpaired) electrons. The van der Waals surface area contributed by atoms with Gasteiger partial charge in [0.05, 0.1) is 14.7 Å². The van der Waals surface area contributed by atoms with Crippen LogP contribution >= 0.6 is 34.5 Å². The number of aromatic nitrogens is 1. The average molecular weight is 323 g/mol. The van der Waals surface area contributed by atoms with E-state index in [0.717, 1.165) is 4.70 Å². The van der Waals surface area contributed by atoms with Crippen LogP contribution in [0.2, 0.25) is 10.0 Å². The summed E-state index contributed by atoms with van der Waals surface area (Å²) in [5.74, 6) is -0.202. The minimum Gasteiger partial charge on any atom is -0.298 e. The number of fused-ring (bicyclic) bond motifs is 1. The van der Waals surface area contributed by atoms with E-state index in [0.29, 0.717) is 26.3 Å². The van der Waals surface area contributed by atoms with E-state index in [9.17, 15) is 4.79 Å². The third-order valence-corrected chi connectivity index (χ3v) is 4.44. The van der Waals surface area contributed by atoms with Crippen LogP contribution in [0.1, 0.15) is 10.4 Å². The van der Waals surface area contributed by atoms with Crippen molar-refractivity contribution in [3.8, 4) is 0 Å². The highest BCUT2D eigenvalue weighted by molar-refractivity contribution is 7.22. The lowest BCUT2D eigenvalue weighted by Crippen LogP contribution is -2.11. The molecule has 100 valence electrons. The van der Waals surface area contributed by atoms with Gasteiger partial charge in [-0.25, -0.2) is 4.98 Å². The van der Waals surface area contributed by atoms with Crippen LogP contribution < -0.4 is 5.32 Å². The Hall–Kier alpha value is -1.62. The van der Waals surface area contributed by atoms with Crippen LogP contribution in [0.3, 0.4) is 0 Å². The van der Waals surface area contributed by atoms with Gasteiger partial charge in [0.25, 0.3) is 5.91 Å². The van der Waals surface area contributed by atoms with Gasteiger partial charge in [-0.1, -0.05) is 52.7 Å². The lowest BCUT2D eigenvalue weighted by atomic mass is 10.2. The fourth-order valence-corrected chi connectivity index (χ4v) is 3.03. The summed E-state index contributed by atoms with van der Waals surface area (Å²) in [5.41, 5.74) is 1.18. The molecular formula is C14H8Cl2N2OS. The maximum absolute atomic E-state index is 12.0. The molecule has 0 aliphatic heterocycles. The number of carbonyl (C=O) groups is 1. The molecular weight excluding hydrogens is 315 g/mol. The summed E-state index contributed by atoms with van der Waals surface area (Å²) in [6.07, 6.45) is 0. The van der Waals surface area contributed by atoms with Crippen LogP contribution in [0.5, 0.6) is 0 Å². The number of halogens is 2. The van der Waals surface area contributed by atoms with Crippen molar-refractivity contribution >= 4 is 55.8 Å². The first-order valence-corrected chi connectivity index (χ1v) is 7.33. The fraction of sp³-hybridized carbons (Fsp3) is 0. The van der Waals surface area contributed by atoms with Gasteiger partial charge in [0.2, 0.25) is 0 Å². The first-order chi connectivity index (χ1) is 9.65. The van der Waals surface area contributed by atoms with E-state index >= 15 is 0 Å². The molecule has 0 aliphatic carbocycles. The summed E-state index contributed by atoms with van der Waals surface area (Å²) >= 11 is 13.4. The second kappa shape index (κ2) is 5.40. The zero-order valence-corrected chi connectivity index (χ0v) is 12.4. The summed E-state index contributed by atoms with van der Waals surface area (Å²) in [6.45, 7) is 0. The number of amides is 1. The highest BCUT2D eigenvalue weighted by atomic mass is 35.5. The molecule has 0 fully saturated rings. The maximum atomic E-state index is 12.0. The molecule has 6 heteroatoms. The van der Waals surface area contributed by atoms with Gasteiger partial charge in [0.15, 0.2) is 5.13 Å². The fourth-order valence-electron chi connectivity index (χ4n) is 1.75. The maximum Gasteiger partial charge on any atom is 0.257 e. The molecule has 1 aromatic heterocycles. The predicted octanol–water partition coefficient (Wildman–Crippen LogP) is 4.86. The number of nitrogens with zero attached hydrogens (tertiary/aromatic N) is 1. The molecule has 1 N–H and O–H groups in total. The Labute approximate surface area is 129 Å². The number of anilines is 1. The Kier molecular flexibility index (Phi) is 3.61. The number of benzene rings is 2. The van der Waals surface area contributed by atoms with Gasteiger partial charge >= 0.3 is 0 Å². The highest BCUT2D eigenvalue weighted by Crippen LogP contribution is 2.35. The van der Waals surface area contributed by atoms with E-state index in [1.165, 1.54) is 11.3 Å². The molecule has 3 nitrogen and oxygen atoms in total. The number of hydrogen-bond donors (Lipinski definition) is 1. The first kappa shape index (κ1) is 13.4. The zero-order chi connectivity index (χ0) is 14.1. The van der Waals surface area contributed by atoms with Crippen LogP contribution in [0.25, 0.3) is 10.2 Å². The van der Waals surface area contributed by atoms with Crippen molar-refractivity contribution < 1.29 is 4.79 Å². The van der Waals surface area contributed by atoms with Crippen molar-refractivity contribution in [2.24, 2.45) is 0 Å². The minimum atomic E-state index is -0.202. The molecule has 0 unspecified atom stereocenters. The van der Waals surface area contributed by atoms with Gasteiger partial charge in [-0.2, -0.15) is 0 Å². The second-order valence-electron chi connectivity index (χ2n) is 4.05. The highest BCUT2D eigenvalue weighted by Gasteiger charge is 2.12. The van der Waals surface area contributed by atoms with Crippen molar-refractivity contribution in [3.05, 3.63) is 58.1 Å². The van der Waals surface area contributed by atoms with Gasteiger partial charge in [-0.3, -0.25) is 10.1 Å². The van der Waals surface area contributed by atoms with Crippen molar-refractivity contribution in [2.45, 2.75) is 0 Å². The largest absolute Gasteiger partial charge is 0.298 e. The molecule has 3 rings (SSSR count). The molecule has 0 bridgehead atoms. The van der Waals surface area contributed by atoms with Crippen LogP contribution in [0, 0.1) is 0 Å². The first-order valence-electron chi connectivity index (χ1n) is 5.76. The van der Waals surface area contributed by atoms with Crippen molar-refractivity contribution in [3.63, 3.8) is 0 Å². The van der Waals surface area contributed by atoms with Gasteiger partial charge in [-0.15, -0.1) is 0 Å². The molecule has 1 amide bonds. The summed E-state index contributed by atoms with van der Waals surface area (Å²) in [6, 6.07) is 12.5. The van der Waals surface area contributed by atoms with E-state index in [-0.39, 0.29) is 5.91 Å². The van der Waals surface area contributed by atoms with E-state index in [1.54, 1.807) is 18.2 Å². The van der Waals surface area contributed by atoms with Crippen molar-refractivity contribution in [1.82, 2.24) is 4.98 Å². The van der Waals surface area contributed by atoms with Gasteiger partial charge in [0.1, 0.15) is 5.52 Å². The second-order valence-corrected chi connectivity index (χ2v) is 5.86. The molecule has 0 saturated heterocycles. The molecule has 20 heavy (non-hydrogen) atoms. The summed E-state index contributed by atoms with van der Waals surface area (Å²) in [4.78, 5) is 16.3. The van der Waals surface area contributed by atoms with Crippen molar-refractivity contribution in [2.75, 3.05) is 5.32 Å². The summed E-state index contributed by atoms with van der Waals surface area (Å²) in [7, 11) is 0. The van der Waals surface area contributed by atoms with Crippen LogP contribution in [0.15, 0.2) is 42.5 Å². The molecule has 1 heterocycles. The van der Waals surface area contributed by atoms with Gasteiger partial charge in [-0.05, 0) is 24.3 Å². The molecule has 0 spiro atoms. The summed E-state index contributed by atoms with van der Waals surface area (Å²) in [5, 5.41) is 4.11. The third-order valence-electron chi connectivity index (χ3n) is 2.71. The van der Waals surface area contributed by atoms with Crippen molar-refractivity contribution in [1.29, 1.82) is 0 Å². The molecule has 3 aromatic rings. The number of thiazole rings is 1. The minimum absolute atomic E-state index is 0.202. The third kappa shape index (κ3) is 2.50. The van der Waals surface area contributed by atoms with Gasteiger partial charge < -0.3 is 0 Å². The number of carbonyl (C=O) groups excluding carboxylic acids is 1. The Morgan fingerprint density at radius 3 is 2.60 bits per heavy atom. The van der Waals surface area contributed by atoms with E-state index in [4.69, 9.17) is 23.2 Å². The number of rotatable bonds is 2. The molecule has 0 atom stereocenters. The predicted molar refractivity (Wildman–Crippen MR) is 84.0 cm³/mol. The Bertz CT molecular complexity index is 786. The smallest absolute Gasteiger partial charge is 0.257 e. The Morgan fingerprint density at radius 1 is 1.10 bits per heavy atom. The molecule has 0 saturated carbocycles. The monoisotopic (exact) mass is 322 g/mol. The lowest BCUT2D eigenvalue weighted by molar-refractivity contribution is 0.102. The van der Waals surface area contributed by atoms with E-state index < -0.39 is 0 Å². The van der Waals surface area contributed by atoms with Crippen LogP contribution in [-0.4, -0.2) is 10.9 Å². The van der Waals surface area contributed by atoms with E-state index in [1.807, 2.05) is 24.3 Å². The Balaban J connectivity index is 1.92. The number of nitrogens with one attached hydrogen (secondary N) is 1. The quantitative estimate of drug-likeness (QED) is 0.732. The zero-order valence-electron chi connectivity index (χ0n) is 10.1. The standard InChI is InChI=1S/C14H8Cl2N2OS/c15-9-6-7-10-12(11(9)16)17-14(20-10)18-13(19)8-4-2-1-3-5-8/h1-7H,(H,17,18,19). The number of hydrogen-bond acceptors (Lipinski definition) is 3. The molecule has 2 aromatic carbocycles. The van der Waals surface area contributed by atoms with Gasteiger partial charge in [0, 0.05) is 5.56 Å². The Morgan fingerprint density at radius 2 is 1.85 bits per heavy atom. The topological polar surface area (TPSA) is 42.0 Å². The lowest BCUT2D eigenvalue weighted by Gasteiger charge is -2.00. The van der Waals surface area contributed by atoms with Crippen LogP contribution in [0.4, 0.5) is 5.13 Å². The average Bonchev–Trinajstić information content (AvgIpc) is 2.87. The summed E-state index contributed by atoms with van der Waals surface area (Å²) < 4.78 is 0.878. The van der Waals surface area contributed by atoms with Crippen LogP contribution in [-0.2, 0) is 0 Å².